The van der Waals surface area contributed by atoms with Gasteiger partial charge in [0.25, 0.3) is 0 Å². The van der Waals surface area contributed by atoms with Crippen molar-refractivity contribution in [1.82, 2.24) is 0 Å². The minimum atomic E-state index is -4.30. The van der Waals surface area contributed by atoms with Gasteiger partial charge in [-0.15, -0.1) is 0 Å². The third kappa shape index (κ3) is 2.14. The maximum atomic E-state index is 13.0. The highest BCUT2D eigenvalue weighted by molar-refractivity contribution is 5.89. The van der Waals surface area contributed by atoms with Crippen LogP contribution in [0.3, 0.4) is 0 Å². The summed E-state index contributed by atoms with van der Waals surface area (Å²) in [5, 5.41) is 0.975. The van der Waals surface area contributed by atoms with E-state index in [1.54, 1.807) is 24.3 Å². The second kappa shape index (κ2) is 4.06. The molecule has 0 nitrogen and oxygen atoms in total. The molecule has 0 aliphatic heterocycles. The van der Waals surface area contributed by atoms with E-state index in [0.29, 0.717) is 10.8 Å². The first-order valence-electron chi connectivity index (χ1n) is 5.50. The number of alkyl halides is 3. The molecule has 0 aliphatic rings. The van der Waals surface area contributed by atoms with Crippen LogP contribution in [0.4, 0.5) is 13.2 Å². The first-order valence-corrected chi connectivity index (χ1v) is 5.50. The van der Waals surface area contributed by atoms with Crippen LogP contribution in [0.1, 0.15) is 30.9 Å². The molecule has 3 heteroatoms. The molecule has 0 amide bonds. The quantitative estimate of drug-likeness (QED) is 0.657. The lowest BCUT2D eigenvalue weighted by Gasteiger charge is -2.15. The zero-order chi connectivity index (χ0) is 12.6. The van der Waals surface area contributed by atoms with Crippen LogP contribution in [0.5, 0.6) is 0 Å². The molecule has 0 aromatic heterocycles. The Morgan fingerprint density at radius 2 is 1.53 bits per heavy atom. The number of halogens is 3. The lowest BCUT2D eigenvalue weighted by Crippen LogP contribution is -2.07. The van der Waals surface area contributed by atoms with Crippen molar-refractivity contribution in [3.8, 4) is 0 Å². The Hall–Kier alpha value is -1.51. The van der Waals surface area contributed by atoms with E-state index in [0.717, 1.165) is 11.6 Å². The predicted molar refractivity (Wildman–Crippen MR) is 63.0 cm³/mol. The summed E-state index contributed by atoms with van der Waals surface area (Å²) >= 11 is 0. The van der Waals surface area contributed by atoms with E-state index in [4.69, 9.17) is 0 Å². The van der Waals surface area contributed by atoms with Crippen molar-refractivity contribution < 1.29 is 13.2 Å². The average Bonchev–Trinajstić information content (AvgIpc) is 2.26. The van der Waals surface area contributed by atoms with Gasteiger partial charge in [-0.2, -0.15) is 13.2 Å². The van der Waals surface area contributed by atoms with Gasteiger partial charge in [-0.1, -0.05) is 44.2 Å². The standard InChI is InChI=1S/C14H13F3/c1-9(2)11-7-3-5-10-6-4-8-12(13(10)11)14(15,16)17/h3-9H,1-2H3. The van der Waals surface area contributed by atoms with Crippen molar-refractivity contribution in [2.45, 2.75) is 25.9 Å². The van der Waals surface area contributed by atoms with E-state index >= 15 is 0 Å². The fourth-order valence-corrected chi connectivity index (χ4v) is 2.09. The van der Waals surface area contributed by atoms with Crippen LogP contribution in [-0.2, 0) is 6.18 Å². The van der Waals surface area contributed by atoms with Crippen LogP contribution in [0.2, 0.25) is 0 Å². The number of rotatable bonds is 1. The molecule has 0 atom stereocenters. The van der Waals surface area contributed by atoms with Crippen LogP contribution in [0.15, 0.2) is 36.4 Å². The van der Waals surface area contributed by atoms with Gasteiger partial charge in [0.2, 0.25) is 0 Å². The molecule has 0 spiro atoms. The zero-order valence-electron chi connectivity index (χ0n) is 9.68. The highest BCUT2D eigenvalue weighted by Gasteiger charge is 2.33. The molecule has 0 bridgehead atoms. The molecule has 0 saturated heterocycles. The van der Waals surface area contributed by atoms with Crippen LogP contribution in [0.25, 0.3) is 10.8 Å². The number of hydrogen-bond acceptors (Lipinski definition) is 0. The minimum absolute atomic E-state index is 0.0715. The average molecular weight is 238 g/mol. The van der Waals surface area contributed by atoms with E-state index in [-0.39, 0.29) is 5.92 Å². The second-order valence-electron chi connectivity index (χ2n) is 4.40. The fraction of sp³-hybridized carbons (Fsp3) is 0.286. The zero-order valence-corrected chi connectivity index (χ0v) is 9.68. The summed E-state index contributed by atoms with van der Waals surface area (Å²) in [6.07, 6.45) is -4.30. The Labute approximate surface area is 98.1 Å². The topological polar surface area (TPSA) is 0 Å². The summed E-state index contributed by atoms with van der Waals surface area (Å²) in [4.78, 5) is 0. The van der Waals surface area contributed by atoms with Gasteiger partial charge >= 0.3 is 6.18 Å². The first kappa shape index (κ1) is 12.0. The molecular formula is C14H13F3. The molecule has 0 heterocycles. The van der Waals surface area contributed by atoms with Crippen LogP contribution >= 0.6 is 0 Å². The molecule has 90 valence electrons. The molecule has 2 aromatic carbocycles. The van der Waals surface area contributed by atoms with E-state index in [1.807, 2.05) is 13.8 Å². The molecule has 0 fully saturated rings. The molecule has 17 heavy (non-hydrogen) atoms. The summed E-state index contributed by atoms with van der Waals surface area (Å²) in [7, 11) is 0. The monoisotopic (exact) mass is 238 g/mol. The van der Waals surface area contributed by atoms with E-state index in [9.17, 15) is 13.2 Å². The summed E-state index contributed by atoms with van der Waals surface area (Å²) in [6.45, 7) is 3.81. The van der Waals surface area contributed by atoms with Gasteiger partial charge in [-0.25, -0.2) is 0 Å². The fourth-order valence-electron chi connectivity index (χ4n) is 2.09. The summed E-state index contributed by atoms with van der Waals surface area (Å²) in [5.41, 5.74) is 0.203. The highest BCUT2D eigenvalue weighted by Crippen LogP contribution is 2.38. The van der Waals surface area contributed by atoms with E-state index < -0.39 is 11.7 Å². The molecule has 0 saturated carbocycles. The van der Waals surface area contributed by atoms with Gasteiger partial charge in [0.15, 0.2) is 0 Å². The summed E-state index contributed by atoms with van der Waals surface area (Å²) in [5.74, 6) is 0.0715. The smallest absolute Gasteiger partial charge is 0.166 e. The SMILES string of the molecule is CC(C)c1cccc2cccc(C(F)(F)F)c12. The van der Waals surface area contributed by atoms with E-state index in [1.165, 1.54) is 6.07 Å². The minimum Gasteiger partial charge on any atom is -0.166 e. The third-order valence-electron chi connectivity index (χ3n) is 2.86. The van der Waals surface area contributed by atoms with Gasteiger partial charge < -0.3 is 0 Å². The maximum absolute atomic E-state index is 13.0. The van der Waals surface area contributed by atoms with Crippen molar-refractivity contribution in [3.05, 3.63) is 47.5 Å². The second-order valence-corrected chi connectivity index (χ2v) is 4.40. The van der Waals surface area contributed by atoms with Crippen LogP contribution in [-0.4, -0.2) is 0 Å². The van der Waals surface area contributed by atoms with Gasteiger partial charge in [0.1, 0.15) is 0 Å². The van der Waals surface area contributed by atoms with E-state index in [2.05, 4.69) is 0 Å². The van der Waals surface area contributed by atoms with Gasteiger partial charge in [0, 0.05) is 0 Å². The largest absolute Gasteiger partial charge is 0.417 e. The Balaban J connectivity index is 2.86. The van der Waals surface area contributed by atoms with Gasteiger partial charge in [-0.05, 0) is 28.3 Å². The highest BCUT2D eigenvalue weighted by atomic mass is 19.4. The van der Waals surface area contributed by atoms with Crippen molar-refractivity contribution in [1.29, 1.82) is 0 Å². The van der Waals surface area contributed by atoms with Crippen molar-refractivity contribution in [2.24, 2.45) is 0 Å². The van der Waals surface area contributed by atoms with Gasteiger partial charge in [-0.3, -0.25) is 0 Å². The summed E-state index contributed by atoms with van der Waals surface area (Å²) in [6, 6.07) is 9.61. The number of fused-ring (bicyclic) bond motifs is 1. The maximum Gasteiger partial charge on any atom is 0.417 e. The summed E-state index contributed by atoms with van der Waals surface area (Å²) < 4.78 is 38.9. The molecule has 2 rings (SSSR count). The third-order valence-corrected chi connectivity index (χ3v) is 2.86. The molecule has 0 aliphatic carbocycles. The first-order chi connectivity index (χ1) is 7.91. The Morgan fingerprint density at radius 1 is 0.941 bits per heavy atom. The predicted octanol–water partition coefficient (Wildman–Crippen LogP) is 4.98. The van der Waals surface area contributed by atoms with Gasteiger partial charge in [0.05, 0.1) is 5.56 Å². The Morgan fingerprint density at radius 3 is 2.06 bits per heavy atom. The number of benzene rings is 2. The lowest BCUT2D eigenvalue weighted by atomic mass is 9.92. The molecular weight excluding hydrogens is 225 g/mol. The molecule has 0 N–H and O–H groups in total. The van der Waals surface area contributed by atoms with Crippen LogP contribution in [0, 0.1) is 0 Å². The van der Waals surface area contributed by atoms with Crippen molar-refractivity contribution in [3.63, 3.8) is 0 Å². The van der Waals surface area contributed by atoms with Crippen LogP contribution < -0.4 is 0 Å². The van der Waals surface area contributed by atoms with Crippen molar-refractivity contribution >= 4 is 10.8 Å². The lowest BCUT2D eigenvalue weighted by molar-refractivity contribution is -0.136. The molecule has 0 unspecified atom stereocenters. The molecule has 0 radical (unpaired) electrons. The number of hydrogen-bond donors (Lipinski definition) is 0. The normalized spacial score (nSPS) is 12.4. The Bertz CT molecular complexity index is 533. The Kier molecular flexibility index (Phi) is 2.86. The molecule has 2 aromatic rings. The van der Waals surface area contributed by atoms with Crippen molar-refractivity contribution in [2.75, 3.05) is 0 Å².